The molecule has 1 fully saturated rings. The molecule has 0 spiro atoms. The average molecular weight is 382 g/mol. The van der Waals surface area contributed by atoms with Gasteiger partial charge in [0.05, 0.1) is 24.5 Å². The lowest BCUT2D eigenvalue weighted by molar-refractivity contribution is 0.0729. The molecule has 4 rings (SSSR count). The number of halogens is 1. The molecule has 8 nitrogen and oxygen atoms in total. The molecule has 0 saturated carbocycles. The highest BCUT2D eigenvalue weighted by molar-refractivity contribution is 5.92. The summed E-state index contributed by atoms with van der Waals surface area (Å²) >= 11 is 0. The number of hydrogen-bond donors (Lipinski definition) is 2. The molecule has 3 aromatic rings. The minimum atomic E-state index is -0.367. The van der Waals surface area contributed by atoms with Crippen LogP contribution in [0.25, 0.3) is 11.3 Å². The van der Waals surface area contributed by atoms with E-state index in [1.165, 1.54) is 18.5 Å². The van der Waals surface area contributed by atoms with Crippen LogP contribution in [0.3, 0.4) is 0 Å². The molecule has 1 amide bonds. The Balaban J connectivity index is 1.36. The molecule has 1 aliphatic rings. The van der Waals surface area contributed by atoms with Gasteiger partial charge in [-0.1, -0.05) is 17.3 Å². The SMILES string of the molecule is O=C(c1cnc(NCc2cc(-c3ccccc3F)on2)cn1)N1CCNCC1. The maximum absolute atomic E-state index is 13.8. The largest absolute Gasteiger partial charge is 0.363 e. The van der Waals surface area contributed by atoms with Gasteiger partial charge in [0, 0.05) is 32.2 Å². The van der Waals surface area contributed by atoms with Crippen LogP contribution in [0.4, 0.5) is 10.2 Å². The molecule has 3 heterocycles. The fourth-order valence-corrected chi connectivity index (χ4v) is 2.92. The second-order valence-corrected chi connectivity index (χ2v) is 6.34. The molecule has 0 bridgehead atoms. The molecule has 1 aliphatic heterocycles. The highest BCUT2D eigenvalue weighted by atomic mass is 19.1. The number of aromatic nitrogens is 3. The van der Waals surface area contributed by atoms with Gasteiger partial charge in [-0.05, 0) is 12.1 Å². The van der Waals surface area contributed by atoms with Crippen LogP contribution in [0.2, 0.25) is 0 Å². The fourth-order valence-electron chi connectivity index (χ4n) is 2.92. The van der Waals surface area contributed by atoms with Crippen LogP contribution < -0.4 is 10.6 Å². The van der Waals surface area contributed by atoms with Crippen molar-refractivity contribution in [2.24, 2.45) is 0 Å². The van der Waals surface area contributed by atoms with Crippen molar-refractivity contribution in [2.45, 2.75) is 6.54 Å². The van der Waals surface area contributed by atoms with Gasteiger partial charge in [-0.25, -0.2) is 14.4 Å². The van der Waals surface area contributed by atoms with Gasteiger partial charge < -0.3 is 20.1 Å². The van der Waals surface area contributed by atoms with Crippen LogP contribution in [0.15, 0.2) is 47.2 Å². The maximum atomic E-state index is 13.8. The Morgan fingerprint density at radius 1 is 1.21 bits per heavy atom. The highest BCUT2D eigenvalue weighted by Gasteiger charge is 2.19. The maximum Gasteiger partial charge on any atom is 0.274 e. The molecule has 2 N–H and O–H groups in total. The summed E-state index contributed by atoms with van der Waals surface area (Å²) in [6, 6.07) is 8.02. The Bertz CT molecular complexity index is 953. The minimum Gasteiger partial charge on any atom is -0.363 e. The normalized spacial score (nSPS) is 14.1. The number of nitrogens with zero attached hydrogens (tertiary/aromatic N) is 4. The molecule has 144 valence electrons. The number of hydrogen-bond acceptors (Lipinski definition) is 7. The quantitative estimate of drug-likeness (QED) is 0.696. The van der Waals surface area contributed by atoms with Crippen molar-refractivity contribution < 1.29 is 13.7 Å². The summed E-state index contributed by atoms with van der Waals surface area (Å²) < 4.78 is 19.0. The zero-order chi connectivity index (χ0) is 19.3. The lowest BCUT2D eigenvalue weighted by Crippen LogP contribution is -2.46. The Labute approximate surface area is 160 Å². The van der Waals surface area contributed by atoms with Gasteiger partial charge in [0.15, 0.2) is 5.76 Å². The van der Waals surface area contributed by atoms with E-state index in [1.54, 1.807) is 29.2 Å². The molecule has 28 heavy (non-hydrogen) atoms. The van der Waals surface area contributed by atoms with Crippen molar-refractivity contribution in [3.05, 3.63) is 59.9 Å². The molecule has 9 heteroatoms. The van der Waals surface area contributed by atoms with Gasteiger partial charge in [0.25, 0.3) is 5.91 Å². The van der Waals surface area contributed by atoms with Crippen molar-refractivity contribution >= 4 is 11.7 Å². The molecule has 0 radical (unpaired) electrons. The average Bonchev–Trinajstić information content (AvgIpc) is 3.22. The van der Waals surface area contributed by atoms with E-state index in [4.69, 9.17) is 4.52 Å². The molecular formula is C19H19FN6O2. The first-order valence-electron chi connectivity index (χ1n) is 8.97. The third-order valence-corrected chi connectivity index (χ3v) is 4.42. The van der Waals surface area contributed by atoms with Crippen LogP contribution in [0.5, 0.6) is 0 Å². The smallest absolute Gasteiger partial charge is 0.274 e. The number of amides is 1. The van der Waals surface area contributed by atoms with Crippen molar-refractivity contribution in [3.8, 4) is 11.3 Å². The van der Waals surface area contributed by atoms with Crippen molar-refractivity contribution in [1.29, 1.82) is 0 Å². The predicted molar refractivity (Wildman–Crippen MR) is 100 cm³/mol. The number of anilines is 1. The van der Waals surface area contributed by atoms with Gasteiger partial charge in [0.2, 0.25) is 0 Å². The first-order chi connectivity index (χ1) is 13.7. The Hall–Kier alpha value is -3.33. The summed E-state index contributed by atoms with van der Waals surface area (Å²) in [6.45, 7) is 3.22. The summed E-state index contributed by atoms with van der Waals surface area (Å²) in [5.41, 5.74) is 1.27. The van der Waals surface area contributed by atoms with E-state index in [-0.39, 0.29) is 11.7 Å². The van der Waals surface area contributed by atoms with Gasteiger partial charge >= 0.3 is 0 Å². The molecule has 0 aliphatic carbocycles. The molecular weight excluding hydrogens is 363 g/mol. The Kier molecular flexibility index (Phi) is 5.24. The van der Waals surface area contributed by atoms with Gasteiger partial charge in [-0.3, -0.25) is 4.79 Å². The minimum absolute atomic E-state index is 0.119. The number of carbonyl (C=O) groups excluding carboxylic acids is 1. The third kappa shape index (κ3) is 3.99. The zero-order valence-corrected chi connectivity index (χ0v) is 15.1. The summed E-state index contributed by atoms with van der Waals surface area (Å²) in [6.07, 6.45) is 2.97. The van der Waals surface area contributed by atoms with E-state index in [0.717, 1.165) is 13.1 Å². The standard InChI is InChI=1S/C19H19FN6O2/c20-15-4-2-1-3-14(15)17-9-13(25-28-17)10-23-18-12-22-16(11-24-18)19(27)26-7-5-21-6-8-26/h1-4,9,11-12,21H,5-8,10H2,(H,23,24). The second kappa shape index (κ2) is 8.13. The van der Waals surface area contributed by atoms with Crippen LogP contribution in [0.1, 0.15) is 16.2 Å². The van der Waals surface area contributed by atoms with Gasteiger partial charge in [-0.2, -0.15) is 0 Å². The number of rotatable bonds is 5. The summed E-state index contributed by atoms with van der Waals surface area (Å²) in [4.78, 5) is 22.6. The van der Waals surface area contributed by atoms with E-state index in [1.807, 2.05) is 0 Å². The van der Waals surface area contributed by atoms with Crippen LogP contribution in [-0.2, 0) is 6.54 Å². The van der Waals surface area contributed by atoms with E-state index in [2.05, 4.69) is 25.8 Å². The second-order valence-electron chi connectivity index (χ2n) is 6.34. The number of piperazine rings is 1. The Morgan fingerprint density at radius 2 is 2.04 bits per heavy atom. The zero-order valence-electron chi connectivity index (χ0n) is 15.1. The van der Waals surface area contributed by atoms with E-state index in [0.29, 0.717) is 48.2 Å². The summed E-state index contributed by atoms with van der Waals surface area (Å²) in [5.74, 6) is 0.380. The van der Waals surface area contributed by atoms with E-state index >= 15 is 0 Å². The number of nitrogens with one attached hydrogen (secondary N) is 2. The van der Waals surface area contributed by atoms with Crippen LogP contribution >= 0.6 is 0 Å². The molecule has 0 unspecified atom stereocenters. The number of carbonyl (C=O) groups is 1. The molecule has 1 saturated heterocycles. The molecule has 2 aromatic heterocycles. The first kappa shape index (κ1) is 18.1. The topological polar surface area (TPSA) is 96.2 Å². The van der Waals surface area contributed by atoms with Crippen LogP contribution in [-0.4, -0.2) is 52.1 Å². The molecule has 1 aromatic carbocycles. The number of benzene rings is 1. The van der Waals surface area contributed by atoms with Crippen molar-refractivity contribution in [2.75, 3.05) is 31.5 Å². The molecule has 0 atom stereocenters. The highest BCUT2D eigenvalue weighted by Crippen LogP contribution is 2.23. The van der Waals surface area contributed by atoms with E-state index < -0.39 is 0 Å². The van der Waals surface area contributed by atoms with Gasteiger partial charge in [0.1, 0.15) is 23.0 Å². The van der Waals surface area contributed by atoms with Crippen molar-refractivity contribution in [1.82, 2.24) is 25.3 Å². The monoisotopic (exact) mass is 382 g/mol. The fraction of sp³-hybridized carbons (Fsp3) is 0.263. The van der Waals surface area contributed by atoms with Crippen LogP contribution in [0, 0.1) is 5.82 Å². The lowest BCUT2D eigenvalue weighted by atomic mass is 10.1. The van der Waals surface area contributed by atoms with Gasteiger partial charge in [-0.15, -0.1) is 0 Å². The van der Waals surface area contributed by atoms with E-state index in [9.17, 15) is 9.18 Å². The lowest BCUT2D eigenvalue weighted by Gasteiger charge is -2.26. The summed E-state index contributed by atoms with van der Waals surface area (Å²) in [5, 5.41) is 10.2. The first-order valence-corrected chi connectivity index (χ1v) is 8.97. The predicted octanol–water partition coefficient (Wildman–Crippen LogP) is 1.93. The van der Waals surface area contributed by atoms with Crippen molar-refractivity contribution in [3.63, 3.8) is 0 Å². The third-order valence-electron chi connectivity index (χ3n) is 4.42. The Morgan fingerprint density at radius 3 is 2.79 bits per heavy atom. The summed E-state index contributed by atoms with van der Waals surface area (Å²) in [7, 11) is 0.